The Balaban J connectivity index is 2.27. The number of ether oxygens (including phenoxy) is 1. The molecule has 2 N–H and O–H groups in total. The summed E-state index contributed by atoms with van der Waals surface area (Å²) in [5, 5.41) is 12.1. The van der Waals surface area contributed by atoms with E-state index in [0.717, 1.165) is 19.3 Å². The van der Waals surface area contributed by atoms with E-state index in [1.807, 2.05) is 6.07 Å². The highest BCUT2D eigenvalue weighted by molar-refractivity contribution is 5.89. The van der Waals surface area contributed by atoms with Gasteiger partial charge in [-0.05, 0) is 31.5 Å². The van der Waals surface area contributed by atoms with Crippen molar-refractivity contribution in [3.63, 3.8) is 0 Å². The Morgan fingerprint density at radius 1 is 1.26 bits per heavy atom. The molecule has 0 amide bonds. The SMILES string of the molecule is CCCCCNC(C=CCCOC(=O)c1ccccc1)C(=O)O. The van der Waals surface area contributed by atoms with Gasteiger partial charge in [0.05, 0.1) is 12.2 Å². The second-order valence-electron chi connectivity index (χ2n) is 5.20. The van der Waals surface area contributed by atoms with Gasteiger partial charge in [0.2, 0.25) is 0 Å². The molecule has 0 aromatic heterocycles. The third-order valence-electron chi connectivity index (χ3n) is 3.27. The maximum Gasteiger partial charge on any atom is 0.338 e. The zero-order valence-electron chi connectivity index (χ0n) is 13.5. The highest BCUT2D eigenvalue weighted by Gasteiger charge is 2.11. The van der Waals surface area contributed by atoms with E-state index in [2.05, 4.69) is 12.2 Å². The Hall–Kier alpha value is -2.14. The monoisotopic (exact) mass is 319 g/mol. The molecular weight excluding hydrogens is 294 g/mol. The Kier molecular flexibility index (Phi) is 9.40. The molecule has 0 saturated carbocycles. The summed E-state index contributed by atoms with van der Waals surface area (Å²) in [6.07, 6.45) is 6.96. The van der Waals surface area contributed by atoms with Gasteiger partial charge in [-0.2, -0.15) is 0 Å². The fourth-order valence-electron chi connectivity index (χ4n) is 1.98. The molecule has 1 rings (SSSR count). The molecule has 5 nitrogen and oxygen atoms in total. The minimum Gasteiger partial charge on any atom is -0.480 e. The lowest BCUT2D eigenvalue weighted by molar-refractivity contribution is -0.138. The molecule has 0 aliphatic rings. The first-order chi connectivity index (χ1) is 11.1. The fourth-order valence-corrected chi connectivity index (χ4v) is 1.98. The van der Waals surface area contributed by atoms with Crippen molar-refractivity contribution in [1.82, 2.24) is 5.32 Å². The van der Waals surface area contributed by atoms with Crippen LogP contribution in [0.15, 0.2) is 42.5 Å². The van der Waals surface area contributed by atoms with E-state index in [4.69, 9.17) is 9.84 Å². The number of nitrogens with one attached hydrogen (secondary N) is 1. The second-order valence-corrected chi connectivity index (χ2v) is 5.20. The fraction of sp³-hybridized carbons (Fsp3) is 0.444. The molecule has 0 aliphatic heterocycles. The molecule has 0 bridgehead atoms. The summed E-state index contributed by atoms with van der Waals surface area (Å²) in [6.45, 7) is 3.01. The average molecular weight is 319 g/mol. The third kappa shape index (κ3) is 8.16. The van der Waals surface area contributed by atoms with Gasteiger partial charge in [0.25, 0.3) is 0 Å². The minimum absolute atomic E-state index is 0.229. The van der Waals surface area contributed by atoms with Gasteiger partial charge < -0.3 is 15.2 Å². The van der Waals surface area contributed by atoms with E-state index in [-0.39, 0.29) is 12.6 Å². The molecule has 1 aromatic rings. The van der Waals surface area contributed by atoms with E-state index < -0.39 is 12.0 Å². The first kappa shape index (κ1) is 18.9. The number of hydrogen-bond donors (Lipinski definition) is 2. The highest BCUT2D eigenvalue weighted by atomic mass is 16.5. The van der Waals surface area contributed by atoms with Gasteiger partial charge in [0, 0.05) is 0 Å². The smallest absolute Gasteiger partial charge is 0.338 e. The number of esters is 1. The summed E-state index contributed by atoms with van der Waals surface area (Å²) in [4.78, 5) is 22.8. The summed E-state index contributed by atoms with van der Waals surface area (Å²) in [5.41, 5.74) is 0.512. The van der Waals surface area contributed by atoms with Gasteiger partial charge in [0.1, 0.15) is 6.04 Å². The van der Waals surface area contributed by atoms with Crippen LogP contribution in [-0.2, 0) is 9.53 Å². The second kappa shape index (κ2) is 11.4. The number of aliphatic carboxylic acids is 1. The lowest BCUT2D eigenvalue weighted by Crippen LogP contribution is -2.35. The first-order valence-corrected chi connectivity index (χ1v) is 8.00. The van der Waals surface area contributed by atoms with Gasteiger partial charge >= 0.3 is 11.9 Å². The van der Waals surface area contributed by atoms with Gasteiger partial charge in [0.15, 0.2) is 0 Å². The zero-order chi connectivity index (χ0) is 16.9. The topological polar surface area (TPSA) is 75.6 Å². The summed E-state index contributed by atoms with van der Waals surface area (Å²) >= 11 is 0. The lowest BCUT2D eigenvalue weighted by atomic mass is 10.2. The van der Waals surface area contributed by atoms with Crippen molar-refractivity contribution >= 4 is 11.9 Å². The Labute approximate surface area is 137 Å². The van der Waals surface area contributed by atoms with Gasteiger partial charge in [-0.25, -0.2) is 4.79 Å². The molecule has 23 heavy (non-hydrogen) atoms. The van der Waals surface area contributed by atoms with E-state index in [9.17, 15) is 9.59 Å². The number of benzene rings is 1. The molecule has 0 saturated heterocycles. The largest absolute Gasteiger partial charge is 0.480 e. The van der Waals surface area contributed by atoms with Gasteiger partial charge in [-0.1, -0.05) is 50.1 Å². The number of carbonyl (C=O) groups is 2. The molecule has 0 spiro atoms. The van der Waals surface area contributed by atoms with Crippen LogP contribution in [0.1, 0.15) is 43.0 Å². The van der Waals surface area contributed by atoms with E-state index in [1.54, 1.807) is 36.4 Å². The van der Waals surface area contributed by atoms with Crippen molar-refractivity contribution in [2.45, 2.75) is 38.6 Å². The van der Waals surface area contributed by atoms with Crippen molar-refractivity contribution in [2.24, 2.45) is 0 Å². The molecule has 1 unspecified atom stereocenters. The van der Waals surface area contributed by atoms with E-state index in [0.29, 0.717) is 18.5 Å². The van der Waals surface area contributed by atoms with Crippen LogP contribution < -0.4 is 5.32 Å². The molecule has 126 valence electrons. The summed E-state index contributed by atoms with van der Waals surface area (Å²) in [6, 6.07) is 8.07. The highest BCUT2D eigenvalue weighted by Crippen LogP contribution is 2.02. The predicted molar refractivity (Wildman–Crippen MR) is 89.4 cm³/mol. The van der Waals surface area contributed by atoms with Gasteiger partial charge in [-0.15, -0.1) is 0 Å². The minimum atomic E-state index is -0.904. The number of rotatable bonds is 11. The van der Waals surface area contributed by atoms with Crippen molar-refractivity contribution in [1.29, 1.82) is 0 Å². The van der Waals surface area contributed by atoms with E-state index >= 15 is 0 Å². The van der Waals surface area contributed by atoms with Crippen LogP contribution in [0.3, 0.4) is 0 Å². The first-order valence-electron chi connectivity index (χ1n) is 8.00. The number of carboxylic acid groups (broad SMARTS) is 1. The van der Waals surface area contributed by atoms with Crippen LogP contribution >= 0.6 is 0 Å². The molecule has 1 aromatic carbocycles. The molecule has 5 heteroatoms. The van der Waals surface area contributed by atoms with Crippen molar-refractivity contribution in [3.8, 4) is 0 Å². The molecule has 0 radical (unpaired) electrons. The normalized spacial score (nSPS) is 12.2. The molecular formula is C18H25NO4. The zero-order valence-corrected chi connectivity index (χ0v) is 13.5. The number of carbonyl (C=O) groups excluding carboxylic acids is 1. The third-order valence-corrected chi connectivity index (χ3v) is 3.27. The summed E-state index contributed by atoms with van der Waals surface area (Å²) in [7, 11) is 0. The van der Waals surface area contributed by atoms with Crippen molar-refractivity contribution in [3.05, 3.63) is 48.0 Å². The van der Waals surface area contributed by atoms with Crippen molar-refractivity contribution < 1.29 is 19.4 Å². The van der Waals surface area contributed by atoms with Gasteiger partial charge in [-0.3, -0.25) is 4.79 Å². The molecule has 0 heterocycles. The lowest BCUT2D eigenvalue weighted by Gasteiger charge is -2.10. The van der Waals surface area contributed by atoms with Crippen LogP contribution in [0, 0.1) is 0 Å². The van der Waals surface area contributed by atoms with Crippen LogP contribution in [0.5, 0.6) is 0 Å². The molecule has 1 atom stereocenters. The number of hydrogen-bond acceptors (Lipinski definition) is 4. The Morgan fingerprint density at radius 2 is 2.00 bits per heavy atom. The quantitative estimate of drug-likeness (QED) is 0.372. The maximum absolute atomic E-state index is 11.7. The van der Waals surface area contributed by atoms with Crippen LogP contribution in [0.4, 0.5) is 0 Å². The number of unbranched alkanes of at least 4 members (excludes halogenated alkanes) is 2. The average Bonchev–Trinajstić information content (AvgIpc) is 2.56. The van der Waals surface area contributed by atoms with Crippen LogP contribution in [0.2, 0.25) is 0 Å². The maximum atomic E-state index is 11.7. The standard InChI is InChI=1S/C18H25NO4/c1-2-3-8-13-19-16(17(20)21)12-7-9-14-23-18(22)15-10-5-4-6-11-15/h4-7,10-12,16,19H,2-3,8-9,13-14H2,1H3,(H,20,21). The Morgan fingerprint density at radius 3 is 2.65 bits per heavy atom. The molecule has 0 fully saturated rings. The molecule has 0 aliphatic carbocycles. The van der Waals surface area contributed by atoms with Crippen LogP contribution in [0.25, 0.3) is 0 Å². The van der Waals surface area contributed by atoms with Crippen LogP contribution in [-0.4, -0.2) is 36.2 Å². The predicted octanol–water partition coefficient (Wildman–Crippen LogP) is 3.02. The van der Waals surface area contributed by atoms with E-state index in [1.165, 1.54) is 0 Å². The summed E-state index contributed by atoms with van der Waals surface area (Å²) < 4.78 is 5.13. The number of carboxylic acids is 1. The van der Waals surface area contributed by atoms with Crippen molar-refractivity contribution in [2.75, 3.05) is 13.2 Å². The Bertz CT molecular complexity index is 499. The summed E-state index contributed by atoms with van der Waals surface area (Å²) in [5.74, 6) is -1.27.